The zero-order chi connectivity index (χ0) is 21.1. The summed E-state index contributed by atoms with van der Waals surface area (Å²) >= 11 is 6.93. The molecule has 0 radical (unpaired) electrons. The van der Waals surface area contributed by atoms with Crippen molar-refractivity contribution in [2.75, 3.05) is 10.6 Å². The lowest BCUT2D eigenvalue weighted by Gasteiger charge is -2.16. The van der Waals surface area contributed by atoms with Crippen molar-refractivity contribution in [1.82, 2.24) is 0 Å². The molecule has 1 aromatic heterocycles. The lowest BCUT2D eigenvalue weighted by Crippen LogP contribution is -2.29. The molecule has 0 saturated carbocycles. The number of ether oxygens (including phenoxy) is 1. The second-order valence-corrected chi connectivity index (χ2v) is 8.86. The second-order valence-electron chi connectivity index (χ2n) is 7.37. The van der Waals surface area contributed by atoms with Gasteiger partial charge in [0.1, 0.15) is 4.88 Å². The summed E-state index contributed by atoms with van der Waals surface area (Å²) in [7, 11) is 0. The zero-order valence-electron chi connectivity index (χ0n) is 16.4. The Morgan fingerprint density at radius 2 is 1.71 bits per heavy atom. The van der Waals surface area contributed by atoms with Crippen LogP contribution in [-0.4, -0.2) is 23.9 Å². The smallest absolute Gasteiger partial charge is 0.349 e. The maximum atomic E-state index is 12.5. The fourth-order valence-corrected chi connectivity index (χ4v) is 3.17. The van der Waals surface area contributed by atoms with E-state index in [0.717, 1.165) is 11.3 Å². The molecule has 2 amide bonds. The van der Waals surface area contributed by atoms with Crippen LogP contribution in [-0.2, 0) is 14.3 Å². The zero-order valence-corrected chi connectivity index (χ0v) is 18.0. The van der Waals surface area contributed by atoms with Crippen LogP contribution in [0.25, 0.3) is 0 Å². The fourth-order valence-electron chi connectivity index (χ4n) is 2.09. The number of benzene rings is 1. The minimum atomic E-state index is -0.989. The van der Waals surface area contributed by atoms with Crippen LogP contribution >= 0.6 is 22.9 Å². The van der Waals surface area contributed by atoms with Gasteiger partial charge in [0, 0.05) is 16.1 Å². The van der Waals surface area contributed by atoms with Crippen molar-refractivity contribution < 1.29 is 19.1 Å². The Bertz CT molecular complexity index is 885. The third kappa shape index (κ3) is 5.81. The van der Waals surface area contributed by atoms with E-state index in [4.69, 9.17) is 16.3 Å². The Balaban J connectivity index is 2.00. The number of halogens is 1. The predicted octanol–water partition coefficient (Wildman–Crippen LogP) is 4.88. The molecular formula is C20H23ClN2O4S. The fraction of sp³-hybridized carbons (Fsp3) is 0.350. The highest BCUT2D eigenvalue weighted by molar-refractivity contribution is 7.18. The molecule has 0 spiro atoms. The quantitative estimate of drug-likeness (QED) is 0.672. The highest BCUT2D eigenvalue weighted by Gasteiger charge is 2.25. The van der Waals surface area contributed by atoms with E-state index >= 15 is 0 Å². The van der Waals surface area contributed by atoms with Crippen molar-refractivity contribution in [2.24, 2.45) is 5.41 Å². The number of rotatable bonds is 5. The van der Waals surface area contributed by atoms with Gasteiger partial charge in [0.05, 0.1) is 5.00 Å². The topological polar surface area (TPSA) is 84.5 Å². The Hall–Kier alpha value is -2.38. The summed E-state index contributed by atoms with van der Waals surface area (Å²) in [5.41, 5.74) is 0.675. The van der Waals surface area contributed by atoms with E-state index in [1.165, 1.54) is 6.92 Å². The number of thiophene rings is 1. The molecule has 1 aromatic carbocycles. The molecule has 2 aromatic rings. The molecule has 28 heavy (non-hydrogen) atoms. The number of anilines is 2. The molecule has 0 saturated heterocycles. The average Bonchev–Trinajstić information content (AvgIpc) is 2.96. The van der Waals surface area contributed by atoms with Gasteiger partial charge in [-0.25, -0.2) is 4.79 Å². The minimum absolute atomic E-state index is 0.149. The van der Waals surface area contributed by atoms with Gasteiger partial charge in [-0.05, 0) is 49.7 Å². The van der Waals surface area contributed by atoms with Gasteiger partial charge in [0.15, 0.2) is 6.10 Å². The number of esters is 1. The lowest BCUT2D eigenvalue weighted by molar-refractivity contribution is -0.124. The average molecular weight is 423 g/mol. The van der Waals surface area contributed by atoms with Gasteiger partial charge in [0.2, 0.25) is 5.91 Å². The van der Waals surface area contributed by atoms with Crippen molar-refractivity contribution in [3.05, 3.63) is 45.8 Å². The number of carbonyl (C=O) groups is 3. The van der Waals surface area contributed by atoms with E-state index in [0.29, 0.717) is 26.2 Å². The molecule has 0 aliphatic heterocycles. The monoisotopic (exact) mass is 422 g/mol. The van der Waals surface area contributed by atoms with Crippen molar-refractivity contribution in [3.8, 4) is 0 Å². The number of hydrogen-bond acceptors (Lipinski definition) is 5. The number of carbonyl (C=O) groups excluding carboxylic acids is 3. The van der Waals surface area contributed by atoms with E-state index in [2.05, 4.69) is 10.6 Å². The van der Waals surface area contributed by atoms with Crippen molar-refractivity contribution in [2.45, 2.75) is 40.7 Å². The summed E-state index contributed by atoms with van der Waals surface area (Å²) < 4.78 is 5.28. The molecule has 8 heteroatoms. The summed E-state index contributed by atoms with van der Waals surface area (Å²) in [6.07, 6.45) is -0.989. The molecule has 1 unspecified atom stereocenters. The first-order valence-electron chi connectivity index (χ1n) is 8.66. The van der Waals surface area contributed by atoms with Gasteiger partial charge < -0.3 is 15.4 Å². The first kappa shape index (κ1) is 21.9. The van der Waals surface area contributed by atoms with Gasteiger partial charge in [-0.2, -0.15) is 0 Å². The van der Waals surface area contributed by atoms with Crippen LogP contribution in [0, 0.1) is 12.3 Å². The summed E-state index contributed by atoms with van der Waals surface area (Å²) in [4.78, 5) is 37.1. The van der Waals surface area contributed by atoms with Crippen molar-refractivity contribution >= 4 is 51.4 Å². The van der Waals surface area contributed by atoms with E-state index in [1.807, 2.05) is 0 Å². The van der Waals surface area contributed by atoms with Crippen LogP contribution < -0.4 is 10.6 Å². The molecule has 2 rings (SSSR count). The maximum Gasteiger partial charge on any atom is 0.349 e. The van der Waals surface area contributed by atoms with Crippen LogP contribution in [0.4, 0.5) is 10.7 Å². The molecular weight excluding hydrogens is 400 g/mol. The summed E-state index contributed by atoms with van der Waals surface area (Å²) in [5, 5.41) is 6.57. The second kappa shape index (κ2) is 8.75. The molecule has 150 valence electrons. The van der Waals surface area contributed by atoms with Gasteiger partial charge in [-0.15, -0.1) is 11.3 Å². The van der Waals surface area contributed by atoms with E-state index in [9.17, 15) is 14.4 Å². The molecule has 0 fully saturated rings. The van der Waals surface area contributed by atoms with Gasteiger partial charge >= 0.3 is 5.97 Å². The van der Waals surface area contributed by atoms with Crippen molar-refractivity contribution in [3.63, 3.8) is 0 Å². The van der Waals surface area contributed by atoms with Gasteiger partial charge in [-0.1, -0.05) is 32.4 Å². The van der Waals surface area contributed by atoms with E-state index in [-0.39, 0.29) is 5.91 Å². The summed E-state index contributed by atoms with van der Waals surface area (Å²) in [6, 6.07) is 8.32. The largest absolute Gasteiger partial charge is 0.448 e. The van der Waals surface area contributed by atoms with Gasteiger partial charge in [0.25, 0.3) is 5.91 Å². The lowest BCUT2D eigenvalue weighted by atomic mass is 9.96. The predicted molar refractivity (Wildman–Crippen MR) is 112 cm³/mol. The van der Waals surface area contributed by atoms with Crippen molar-refractivity contribution in [1.29, 1.82) is 0 Å². The van der Waals surface area contributed by atoms with Crippen LogP contribution in [0.5, 0.6) is 0 Å². The Morgan fingerprint density at radius 3 is 2.29 bits per heavy atom. The van der Waals surface area contributed by atoms with E-state index < -0.39 is 23.4 Å². The molecule has 1 heterocycles. The minimum Gasteiger partial charge on any atom is -0.448 e. The summed E-state index contributed by atoms with van der Waals surface area (Å²) in [5.74, 6) is -1.21. The number of nitrogens with one attached hydrogen (secondary N) is 2. The number of hydrogen-bond donors (Lipinski definition) is 2. The highest BCUT2D eigenvalue weighted by atomic mass is 35.5. The van der Waals surface area contributed by atoms with Gasteiger partial charge in [-0.3, -0.25) is 9.59 Å². The first-order chi connectivity index (χ1) is 13.0. The first-order valence-corrected chi connectivity index (χ1v) is 9.86. The SMILES string of the molecule is Cc1cc(NC(=O)C(C)(C)C)sc1C(=O)OC(C)C(=O)Nc1ccc(Cl)cc1. The Labute approximate surface area is 173 Å². The Morgan fingerprint density at radius 1 is 1.11 bits per heavy atom. The highest BCUT2D eigenvalue weighted by Crippen LogP contribution is 2.29. The molecule has 0 aliphatic carbocycles. The van der Waals surface area contributed by atoms with Crippen LogP contribution in [0.15, 0.2) is 30.3 Å². The molecule has 0 aliphatic rings. The third-order valence-electron chi connectivity index (χ3n) is 3.79. The normalized spacial score (nSPS) is 12.2. The maximum absolute atomic E-state index is 12.5. The molecule has 1 atom stereocenters. The van der Waals surface area contributed by atoms with Crippen LogP contribution in [0.1, 0.15) is 42.9 Å². The molecule has 2 N–H and O–H groups in total. The molecule has 0 bridgehead atoms. The molecule has 6 nitrogen and oxygen atoms in total. The summed E-state index contributed by atoms with van der Waals surface area (Å²) in [6.45, 7) is 8.66. The van der Waals surface area contributed by atoms with E-state index in [1.54, 1.807) is 58.0 Å². The standard InChI is InChI=1S/C20H23ClN2O4S/c1-11-10-15(23-19(26)20(3,4)5)28-16(11)18(25)27-12(2)17(24)22-14-8-6-13(21)7-9-14/h6-10,12H,1-5H3,(H,22,24)(H,23,26). The van der Waals surface area contributed by atoms with Crippen LogP contribution in [0.3, 0.4) is 0 Å². The number of aryl methyl sites for hydroxylation is 1. The Kier molecular flexibility index (Phi) is 6.85. The third-order valence-corrected chi connectivity index (χ3v) is 5.17. The number of amides is 2. The van der Waals surface area contributed by atoms with Crippen LogP contribution in [0.2, 0.25) is 5.02 Å².